The molecule has 200 valence electrons. The lowest BCUT2D eigenvalue weighted by atomic mass is 10.1. The maximum Gasteiger partial charge on any atom is 0.459 e. The van der Waals surface area contributed by atoms with Crippen LogP contribution in [0, 0.1) is 0 Å². The molecule has 0 saturated heterocycles. The minimum absolute atomic E-state index is 0.0407. The van der Waals surface area contributed by atoms with Gasteiger partial charge in [-0.3, -0.25) is 4.79 Å². The van der Waals surface area contributed by atoms with E-state index in [1.165, 1.54) is 18.2 Å². The average Bonchev–Trinajstić information content (AvgIpc) is 3.34. The fraction of sp³-hybridized carbons (Fsp3) is 0.381. The van der Waals surface area contributed by atoms with E-state index in [1.54, 1.807) is 0 Å². The molecule has 1 fully saturated rings. The molecule has 3 aromatic rings. The second-order valence-electron chi connectivity index (χ2n) is 8.22. The van der Waals surface area contributed by atoms with Gasteiger partial charge in [0.05, 0.1) is 16.8 Å². The third-order valence-corrected chi connectivity index (χ3v) is 5.59. The summed E-state index contributed by atoms with van der Waals surface area (Å²) in [5.41, 5.74) is -1.33. The highest BCUT2D eigenvalue weighted by Crippen LogP contribution is 2.48. The smallest absolute Gasteiger partial charge is 0.459 e. The largest absolute Gasteiger partial charge is 0.478 e. The second-order valence-corrected chi connectivity index (χ2v) is 8.62. The summed E-state index contributed by atoms with van der Waals surface area (Å²) in [5, 5.41) is 9.89. The molecule has 0 spiro atoms. The number of aromatic nitrogens is 4. The zero-order valence-electron chi connectivity index (χ0n) is 18.6. The normalized spacial score (nSPS) is 14.6. The fourth-order valence-electron chi connectivity index (χ4n) is 3.33. The molecule has 1 saturated carbocycles. The molecule has 1 aliphatic carbocycles. The van der Waals surface area contributed by atoms with Crippen molar-refractivity contribution in [2.75, 3.05) is 6.61 Å². The van der Waals surface area contributed by atoms with Gasteiger partial charge >= 0.3 is 18.3 Å². The molecule has 0 bridgehead atoms. The Bertz CT molecular complexity index is 1330. The highest BCUT2D eigenvalue weighted by molar-refractivity contribution is 6.34. The first-order valence-corrected chi connectivity index (χ1v) is 10.8. The number of alkyl halides is 8. The minimum Gasteiger partial charge on any atom is -0.478 e. The monoisotopic (exact) mass is 557 g/mol. The Kier molecular flexibility index (Phi) is 6.63. The first kappa shape index (κ1) is 26.7. The Labute approximate surface area is 207 Å². The Morgan fingerprint density at radius 3 is 2.41 bits per heavy atom. The topological polar surface area (TPSA) is 74.0 Å². The van der Waals surface area contributed by atoms with Crippen molar-refractivity contribution in [3.63, 3.8) is 0 Å². The van der Waals surface area contributed by atoms with Gasteiger partial charge in [0.25, 0.3) is 5.91 Å². The predicted octanol–water partition coefficient (Wildman–Crippen LogP) is 5.41. The van der Waals surface area contributed by atoms with E-state index >= 15 is 0 Å². The number of halogens is 9. The van der Waals surface area contributed by atoms with Crippen LogP contribution in [0.25, 0.3) is 16.9 Å². The lowest BCUT2D eigenvalue weighted by Gasteiger charge is -2.19. The first-order valence-electron chi connectivity index (χ1n) is 10.5. The molecule has 2 heterocycles. The van der Waals surface area contributed by atoms with E-state index in [2.05, 4.69) is 20.3 Å². The standard InChI is InChI=1S/C21H16ClF8N5O2/c1-34-18(15(37-9-19(23,24)25)16(33-34)20(26,27)21(28,29)30)35-8-11(7-31-35)10-2-5-14(22)13(6-10)17(36)32-12-3-4-12/h2,5-8,12H,3-4,9H2,1H3,(H,32,36). The minimum atomic E-state index is -6.16. The number of ether oxygens (including phenoxy) is 1. The molecule has 2 aromatic heterocycles. The van der Waals surface area contributed by atoms with Crippen LogP contribution in [-0.2, 0) is 13.0 Å². The highest BCUT2D eigenvalue weighted by atomic mass is 35.5. The number of nitrogens with zero attached hydrogens (tertiary/aromatic N) is 4. The zero-order valence-corrected chi connectivity index (χ0v) is 19.3. The molecule has 7 nitrogen and oxygen atoms in total. The summed E-state index contributed by atoms with van der Waals surface area (Å²) in [6, 6.07) is 4.36. The van der Waals surface area contributed by atoms with Gasteiger partial charge in [0.2, 0.25) is 0 Å². The molecule has 0 atom stereocenters. The molecule has 1 N–H and O–H groups in total. The lowest BCUT2D eigenvalue weighted by molar-refractivity contribution is -0.291. The van der Waals surface area contributed by atoms with E-state index in [0.29, 0.717) is 10.2 Å². The van der Waals surface area contributed by atoms with Gasteiger partial charge in [0, 0.05) is 24.8 Å². The van der Waals surface area contributed by atoms with Crippen molar-refractivity contribution < 1.29 is 44.7 Å². The zero-order chi connectivity index (χ0) is 27.3. The Morgan fingerprint density at radius 1 is 1.14 bits per heavy atom. The van der Waals surface area contributed by atoms with E-state index in [9.17, 15) is 39.9 Å². The van der Waals surface area contributed by atoms with Crippen molar-refractivity contribution in [2.24, 2.45) is 7.05 Å². The number of benzene rings is 1. The number of amides is 1. The predicted molar refractivity (Wildman–Crippen MR) is 113 cm³/mol. The van der Waals surface area contributed by atoms with Crippen LogP contribution < -0.4 is 10.1 Å². The van der Waals surface area contributed by atoms with Gasteiger partial charge in [-0.2, -0.15) is 45.3 Å². The van der Waals surface area contributed by atoms with E-state index in [1.807, 2.05) is 0 Å². The summed E-state index contributed by atoms with van der Waals surface area (Å²) in [6.07, 6.45) is -7.26. The van der Waals surface area contributed by atoms with Crippen LogP contribution in [0.3, 0.4) is 0 Å². The van der Waals surface area contributed by atoms with Crippen LogP contribution in [0.5, 0.6) is 5.75 Å². The number of nitrogens with one attached hydrogen (secondary N) is 1. The highest BCUT2D eigenvalue weighted by Gasteiger charge is 2.62. The van der Waals surface area contributed by atoms with Crippen molar-refractivity contribution in [2.45, 2.75) is 37.2 Å². The number of rotatable bonds is 7. The Hall–Kier alpha value is -3.36. The molecule has 1 amide bonds. The molecule has 37 heavy (non-hydrogen) atoms. The maximum absolute atomic E-state index is 14.1. The quantitative estimate of drug-likeness (QED) is 0.394. The molecular weight excluding hydrogens is 542 g/mol. The number of hydrogen-bond acceptors (Lipinski definition) is 4. The molecular formula is C21H16ClF8N5O2. The van der Waals surface area contributed by atoms with Crippen LogP contribution in [0.2, 0.25) is 5.02 Å². The van der Waals surface area contributed by atoms with Crippen molar-refractivity contribution in [1.29, 1.82) is 0 Å². The number of hydrogen-bond donors (Lipinski definition) is 1. The van der Waals surface area contributed by atoms with Crippen LogP contribution in [0.15, 0.2) is 30.6 Å². The van der Waals surface area contributed by atoms with Crippen LogP contribution in [-0.4, -0.2) is 50.5 Å². The van der Waals surface area contributed by atoms with Crippen molar-refractivity contribution in [1.82, 2.24) is 24.9 Å². The van der Waals surface area contributed by atoms with E-state index in [0.717, 1.165) is 37.0 Å². The van der Waals surface area contributed by atoms with Gasteiger partial charge in [0.15, 0.2) is 23.9 Å². The molecule has 0 unspecified atom stereocenters. The number of carbonyl (C=O) groups is 1. The molecule has 1 aromatic carbocycles. The molecule has 0 radical (unpaired) electrons. The Morgan fingerprint density at radius 2 is 1.81 bits per heavy atom. The molecule has 4 rings (SSSR count). The summed E-state index contributed by atoms with van der Waals surface area (Å²) in [4.78, 5) is 12.4. The second kappa shape index (κ2) is 9.19. The van der Waals surface area contributed by atoms with E-state index in [-0.39, 0.29) is 22.2 Å². The van der Waals surface area contributed by atoms with E-state index in [4.69, 9.17) is 11.6 Å². The number of carbonyl (C=O) groups excluding carboxylic acids is 1. The Balaban J connectivity index is 1.75. The van der Waals surface area contributed by atoms with Gasteiger partial charge in [-0.15, -0.1) is 0 Å². The average molecular weight is 558 g/mol. The summed E-state index contributed by atoms with van der Waals surface area (Å²) >= 11 is 6.11. The van der Waals surface area contributed by atoms with Gasteiger partial charge in [-0.1, -0.05) is 17.7 Å². The van der Waals surface area contributed by atoms with Crippen molar-refractivity contribution in [3.8, 4) is 22.7 Å². The first-order chi connectivity index (χ1) is 17.1. The van der Waals surface area contributed by atoms with Gasteiger partial charge < -0.3 is 10.1 Å². The fourth-order valence-corrected chi connectivity index (χ4v) is 3.54. The van der Waals surface area contributed by atoms with Gasteiger partial charge in [0.1, 0.15) is 0 Å². The van der Waals surface area contributed by atoms with Crippen LogP contribution in [0.4, 0.5) is 35.1 Å². The number of aryl methyl sites for hydroxylation is 1. The SMILES string of the molecule is Cn1nc(C(F)(F)C(F)(F)F)c(OCC(F)(F)F)c1-n1cc(-c2ccc(Cl)c(C(=O)NC3CC3)c2)cn1. The van der Waals surface area contributed by atoms with Crippen LogP contribution >= 0.6 is 11.6 Å². The maximum atomic E-state index is 14.1. The summed E-state index contributed by atoms with van der Waals surface area (Å²) in [7, 11) is 0.940. The molecule has 0 aliphatic heterocycles. The molecule has 1 aliphatic rings. The van der Waals surface area contributed by atoms with Crippen molar-refractivity contribution >= 4 is 17.5 Å². The van der Waals surface area contributed by atoms with Crippen molar-refractivity contribution in [3.05, 3.63) is 46.9 Å². The summed E-state index contributed by atoms with van der Waals surface area (Å²) in [6.45, 7) is -2.16. The van der Waals surface area contributed by atoms with Gasteiger partial charge in [-0.05, 0) is 30.5 Å². The van der Waals surface area contributed by atoms with Gasteiger partial charge in [-0.25, -0.2) is 9.36 Å². The van der Waals surface area contributed by atoms with E-state index < -0.39 is 48.1 Å². The summed E-state index contributed by atoms with van der Waals surface area (Å²) in [5.74, 6) is -8.22. The third-order valence-electron chi connectivity index (χ3n) is 5.26. The summed E-state index contributed by atoms with van der Waals surface area (Å²) < 4.78 is 111. The third kappa shape index (κ3) is 5.50. The van der Waals surface area contributed by atoms with Crippen LogP contribution in [0.1, 0.15) is 28.9 Å². The lowest BCUT2D eigenvalue weighted by Crippen LogP contribution is -2.35. The molecule has 16 heteroatoms.